The fourth-order valence-corrected chi connectivity index (χ4v) is 6.41. The molecule has 9 nitrogen and oxygen atoms in total. The summed E-state index contributed by atoms with van der Waals surface area (Å²) in [6.45, 7) is 1.70. The van der Waals surface area contributed by atoms with Gasteiger partial charge in [0.1, 0.15) is 0 Å². The third-order valence-electron chi connectivity index (χ3n) is 7.13. The number of aromatic nitrogens is 2. The molecule has 0 bridgehead atoms. The van der Waals surface area contributed by atoms with Crippen molar-refractivity contribution in [3.63, 3.8) is 0 Å². The normalized spacial score (nSPS) is 22.6. The summed E-state index contributed by atoms with van der Waals surface area (Å²) in [6, 6.07) is 6.20. The van der Waals surface area contributed by atoms with Gasteiger partial charge in [-0.15, -0.1) is 11.3 Å². The van der Waals surface area contributed by atoms with Gasteiger partial charge in [-0.1, -0.05) is 11.6 Å². The molecular weight excluding hydrogens is 512 g/mol. The lowest BCUT2D eigenvalue weighted by Gasteiger charge is -2.35. The fraction of sp³-hybridized carbons (Fsp3) is 0.462. The highest BCUT2D eigenvalue weighted by Gasteiger charge is 2.36. The van der Waals surface area contributed by atoms with Crippen LogP contribution in [0.5, 0.6) is 0 Å². The van der Waals surface area contributed by atoms with Gasteiger partial charge < -0.3 is 25.2 Å². The molecular formula is C26H30ClN6O3S-. The van der Waals surface area contributed by atoms with Crippen LogP contribution in [0.15, 0.2) is 29.3 Å². The van der Waals surface area contributed by atoms with E-state index >= 15 is 0 Å². The zero-order valence-electron chi connectivity index (χ0n) is 21.1. The van der Waals surface area contributed by atoms with Crippen molar-refractivity contribution >= 4 is 51.6 Å². The molecule has 1 unspecified atom stereocenters. The monoisotopic (exact) mass is 541 g/mol. The molecule has 196 valence electrons. The number of benzene rings is 1. The van der Waals surface area contributed by atoms with Gasteiger partial charge in [-0.05, 0) is 50.6 Å². The lowest BCUT2D eigenvalue weighted by Crippen LogP contribution is -2.49. The summed E-state index contributed by atoms with van der Waals surface area (Å²) in [5.41, 5.74) is 2.14. The van der Waals surface area contributed by atoms with Gasteiger partial charge in [0.25, 0.3) is 5.91 Å². The Bertz CT molecular complexity index is 1370. The molecule has 5 rings (SSSR count). The summed E-state index contributed by atoms with van der Waals surface area (Å²) in [7, 11) is 5.52. The number of amides is 2. The summed E-state index contributed by atoms with van der Waals surface area (Å²) < 4.78 is 0. The Hall–Kier alpha value is -2.95. The van der Waals surface area contributed by atoms with E-state index in [9.17, 15) is 14.7 Å². The first-order chi connectivity index (χ1) is 17.7. The lowest BCUT2D eigenvalue weighted by atomic mass is 9.81. The van der Waals surface area contributed by atoms with E-state index in [0.717, 1.165) is 41.0 Å². The van der Waals surface area contributed by atoms with Gasteiger partial charge in [-0.2, -0.15) is 0 Å². The molecule has 2 aliphatic rings. The van der Waals surface area contributed by atoms with Crippen LogP contribution in [0.4, 0.5) is 0 Å². The summed E-state index contributed by atoms with van der Waals surface area (Å²) in [5, 5.41) is 18.0. The number of nitrogens with zero attached hydrogens (tertiary/aromatic N) is 4. The van der Waals surface area contributed by atoms with Crippen LogP contribution in [0, 0.1) is 5.92 Å². The van der Waals surface area contributed by atoms with Crippen molar-refractivity contribution in [1.29, 1.82) is 0 Å². The summed E-state index contributed by atoms with van der Waals surface area (Å²) in [4.78, 5) is 43.1. The van der Waals surface area contributed by atoms with Crippen molar-refractivity contribution in [3.05, 3.63) is 50.6 Å². The largest absolute Gasteiger partial charge is 0.857 e. The van der Waals surface area contributed by atoms with E-state index in [1.165, 1.54) is 11.3 Å². The number of hydrogen-bond acceptors (Lipinski definition) is 7. The quantitative estimate of drug-likeness (QED) is 0.380. The van der Waals surface area contributed by atoms with Crippen LogP contribution >= 0.6 is 22.9 Å². The van der Waals surface area contributed by atoms with E-state index in [1.54, 1.807) is 37.2 Å². The van der Waals surface area contributed by atoms with E-state index in [0.29, 0.717) is 35.0 Å². The number of carbonyl (C=O) groups is 2. The predicted molar refractivity (Wildman–Crippen MR) is 143 cm³/mol. The molecule has 1 aromatic carbocycles. The molecule has 2 N–H and O–H groups in total. The third-order valence-corrected chi connectivity index (χ3v) is 8.45. The van der Waals surface area contributed by atoms with Crippen molar-refractivity contribution < 1.29 is 14.7 Å². The zero-order chi connectivity index (χ0) is 26.3. The van der Waals surface area contributed by atoms with Crippen LogP contribution in [0.1, 0.15) is 45.3 Å². The van der Waals surface area contributed by atoms with Crippen LogP contribution in [0.3, 0.4) is 0 Å². The lowest BCUT2D eigenvalue weighted by molar-refractivity contribution is -0.214. The van der Waals surface area contributed by atoms with E-state index in [-0.39, 0.29) is 23.6 Å². The molecule has 0 radical (unpaired) electrons. The summed E-state index contributed by atoms with van der Waals surface area (Å²) in [6.07, 6.45) is 2.36. The van der Waals surface area contributed by atoms with Crippen LogP contribution < -0.4 is 10.4 Å². The predicted octanol–water partition coefficient (Wildman–Crippen LogP) is 2.43. The fourth-order valence-electron chi connectivity index (χ4n) is 5.14. The Morgan fingerprint density at radius 2 is 2.11 bits per heavy atom. The van der Waals surface area contributed by atoms with Crippen molar-refractivity contribution in [2.45, 2.75) is 44.3 Å². The summed E-state index contributed by atoms with van der Waals surface area (Å²) in [5.74, 6) is -0.890. The van der Waals surface area contributed by atoms with Crippen molar-refractivity contribution in [2.75, 3.05) is 27.7 Å². The van der Waals surface area contributed by atoms with Gasteiger partial charge in [0.05, 0.1) is 17.8 Å². The number of nitrogens with one attached hydrogen (secondary N) is 2. The molecule has 0 spiro atoms. The van der Waals surface area contributed by atoms with Crippen LogP contribution in [0.25, 0.3) is 10.9 Å². The number of carbonyl (C=O) groups excluding carboxylic acids is 2. The minimum atomic E-state index is -0.457. The number of H-pyrrole nitrogens is 1. The number of rotatable bonds is 5. The van der Waals surface area contributed by atoms with Crippen molar-refractivity contribution in [1.82, 2.24) is 25.1 Å². The number of aliphatic imine (C=N–C) groups is 1. The van der Waals surface area contributed by atoms with Gasteiger partial charge in [0.15, 0.2) is 5.01 Å². The van der Waals surface area contributed by atoms with Crippen LogP contribution in [0.2, 0.25) is 5.02 Å². The van der Waals surface area contributed by atoms with Gasteiger partial charge in [-0.3, -0.25) is 14.6 Å². The highest BCUT2D eigenvalue weighted by Crippen LogP contribution is 2.30. The van der Waals surface area contributed by atoms with Gasteiger partial charge in [-0.25, -0.2) is 4.98 Å². The Kier molecular flexibility index (Phi) is 7.24. The van der Waals surface area contributed by atoms with Gasteiger partial charge >= 0.3 is 0 Å². The number of aromatic amines is 1. The van der Waals surface area contributed by atoms with E-state index in [4.69, 9.17) is 11.6 Å². The standard InChI is InChI=1S/C26H31ClN6O3S/c1-32(2)26(36)14-4-6-18(29-23(34)21-12-15-10-16(27)5-7-17(15)28-21)20(11-14)30-24(35)25-31-19-8-9-33(3)13-22(19)37-25/h5,7,10,12,14,18,20,28H,4,6,8-9,11,13H2,1-3H3,(H,29,34)(H,30,35)/p-1/t14-,18?,20+/m0/s1. The number of fused-ring (bicyclic) bond motifs is 2. The second-order valence-electron chi connectivity index (χ2n) is 10.1. The van der Waals surface area contributed by atoms with Gasteiger partial charge in [0.2, 0.25) is 5.91 Å². The summed E-state index contributed by atoms with van der Waals surface area (Å²) >= 11 is 7.49. The maximum atomic E-state index is 13.3. The van der Waals surface area contributed by atoms with E-state index in [2.05, 4.69) is 32.2 Å². The molecule has 1 fully saturated rings. The van der Waals surface area contributed by atoms with Crippen LogP contribution in [-0.2, 0) is 17.8 Å². The molecule has 1 saturated carbocycles. The molecule has 37 heavy (non-hydrogen) atoms. The minimum Gasteiger partial charge on any atom is -0.857 e. The SMILES string of the molecule is CN1CCc2nc(C(=O)N[C@@H]3C[C@@H](C(=O)N(C)C)CCC3N=C([O-])c3cc4cc(Cl)ccc4[nH]3)sc2C1. The maximum Gasteiger partial charge on any atom is 0.280 e. The average Bonchev–Trinajstić information content (AvgIpc) is 3.48. The second kappa shape index (κ2) is 10.4. The smallest absolute Gasteiger partial charge is 0.280 e. The molecule has 0 saturated heterocycles. The topological polar surface area (TPSA) is 117 Å². The van der Waals surface area contributed by atoms with Gasteiger partial charge in [0, 0.05) is 71.9 Å². The third kappa shape index (κ3) is 5.51. The highest BCUT2D eigenvalue weighted by atomic mass is 35.5. The zero-order valence-corrected chi connectivity index (χ0v) is 22.7. The number of thiazole rings is 1. The minimum absolute atomic E-state index is 0.0178. The number of likely N-dealkylation sites (N-methyl/N-ethyl adjacent to an activating group) is 1. The first-order valence-electron chi connectivity index (χ1n) is 12.4. The maximum absolute atomic E-state index is 13.3. The van der Waals surface area contributed by atoms with Crippen LogP contribution in [-0.4, -0.2) is 77.3 Å². The Morgan fingerprint density at radius 1 is 1.30 bits per heavy atom. The number of halogens is 1. The molecule has 1 aliphatic heterocycles. The molecule has 3 aromatic rings. The molecule has 3 heterocycles. The Labute approximate surface area is 224 Å². The molecule has 11 heteroatoms. The highest BCUT2D eigenvalue weighted by molar-refractivity contribution is 7.13. The van der Waals surface area contributed by atoms with E-state index in [1.807, 2.05) is 6.07 Å². The second-order valence-corrected chi connectivity index (χ2v) is 11.6. The first kappa shape index (κ1) is 25.7. The van der Waals surface area contributed by atoms with Crippen molar-refractivity contribution in [2.24, 2.45) is 10.9 Å². The molecule has 2 amide bonds. The molecule has 2 aromatic heterocycles. The molecule has 3 atom stereocenters. The van der Waals surface area contributed by atoms with E-state index < -0.39 is 12.1 Å². The average molecular weight is 542 g/mol. The first-order valence-corrected chi connectivity index (χ1v) is 13.6. The Balaban J connectivity index is 1.38. The van der Waals surface area contributed by atoms with Crippen molar-refractivity contribution in [3.8, 4) is 0 Å². The Morgan fingerprint density at radius 3 is 2.89 bits per heavy atom. The molecule has 1 aliphatic carbocycles. The number of hydrogen-bond donors (Lipinski definition) is 2.